The van der Waals surface area contributed by atoms with Crippen molar-refractivity contribution in [1.82, 2.24) is 0 Å². The maximum absolute atomic E-state index is 12.3. The van der Waals surface area contributed by atoms with E-state index in [1.54, 1.807) is 13.8 Å². The number of hydrogen-bond acceptors (Lipinski definition) is 5. The fourth-order valence-corrected chi connectivity index (χ4v) is 2.92. The molecule has 5 heteroatoms. The molecule has 1 saturated heterocycles. The number of ketones is 1. The van der Waals surface area contributed by atoms with Crippen LogP contribution in [0.15, 0.2) is 30.3 Å². The van der Waals surface area contributed by atoms with Gasteiger partial charge in [-0.2, -0.15) is 0 Å². The summed E-state index contributed by atoms with van der Waals surface area (Å²) in [5.74, 6) is -1.73. The molecule has 0 aliphatic carbocycles. The molecule has 0 radical (unpaired) electrons. The van der Waals surface area contributed by atoms with Crippen LogP contribution in [0.4, 0.5) is 0 Å². The smallest absolute Gasteiger partial charge is 0.319 e. The molecule has 22 heavy (non-hydrogen) atoms. The van der Waals surface area contributed by atoms with Gasteiger partial charge in [0.2, 0.25) is 0 Å². The zero-order chi connectivity index (χ0) is 16.3. The summed E-state index contributed by atoms with van der Waals surface area (Å²) in [5.41, 5.74) is -0.541. The Hall–Kier alpha value is -2.17. The maximum atomic E-state index is 12.3. The van der Waals surface area contributed by atoms with Gasteiger partial charge < -0.3 is 9.47 Å². The van der Waals surface area contributed by atoms with E-state index in [2.05, 4.69) is 0 Å². The second kappa shape index (κ2) is 6.30. The Bertz CT molecular complexity index is 580. The molecule has 0 aromatic heterocycles. The molecule has 0 saturated carbocycles. The number of Topliss-reactive ketones (excluding diaryl/α,β-unsaturated/α-hetero) is 1. The molecule has 3 atom stereocenters. The van der Waals surface area contributed by atoms with Crippen molar-refractivity contribution in [2.24, 2.45) is 11.3 Å². The highest BCUT2D eigenvalue weighted by molar-refractivity contribution is 6.04. The van der Waals surface area contributed by atoms with E-state index in [1.807, 2.05) is 30.3 Å². The Labute approximate surface area is 129 Å². The molecule has 0 unspecified atom stereocenters. The van der Waals surface area contributed by atoms with E-state index in [9.17, 15) is 14.4 Å². The Morgan fingerprint density at radius 3 is 2.55 bits per heavy atom. The number of esters is 2. The average molecular weight is 304 g/mol. The molecule has 1 heterocycles. The molecule has 1 aromatic carbocycles. The summed E-state index contributed by atoms with van der Waals surface area (Å²) in [4.78, 5) is 36.0. The predicted octanol–water partition coefficient (Wildman–Crippen LogP) is 2.45. The third-order valence-corrected chi connectivity index (χ3v) is 4.25. The highest BCUT2D eigenvalue weighted by Gasteiger charge is 2.57. The highest BCUT2D eigenvalue weighted by atomic mass is 16.6. The van der Waals surface area contributed by atoms with Gasteiger partial charge in [-0.05, 0) is 12.5 Å². The lowest BCUT2D eigenvalue weighted by Gasteiger charge is -2.31. The van der Waals surface area contributed by atoms with Crippen molar-refractivity contribution in [3.8, 4) is 0 Å². The fraction of sp³-hybridized carbons (Fsp3) is 0.471. The van der Waals surface area contributed by atoms with Crippen LogP contribution in [-0.4, -0.2) is 24.3 Å². The summed E-state index contributed by atoms with van der Waals surface area (Å²) in [6, 6.07) is 9.12. The van der Waals surface area contributed by atoms with Crippen LogP contribution < -0.4 is 0 Å². The molecule has 0 amide bonds. The van der Waals surface area contributed by atoms with Gasteiger partial charge in [-0.15, -0.1) is 0 Å². The van der Waals surface area contributed by atoms with E-state index >= 15 is 0 Å². The Balaban J connectivity index is 2.44. The standard InChI is InChI=1S/C17H20O5/c1-4-14(19)17(3)13(10-21-16(17)20)15(22-11(2)18)12-8-6-5-7-9-12/h5-9,13,15H,4,10H2,1-3H3/t13-,15+,17-/m0/s1. The van der Waals surface area contributed by atoms with Gasteiger partial charge >= 0.3 is 11.9 Å². The van der Waals surface area contributed by atoms with Gasteiger partial charge in [-0.1, -0.05) is 37.3 Å². The SMILES string of the molecule is CCC(=O)[C@@]1(C)C(=O)OC[C@H]1[C@H](OC(C)=O)c1ccccc1. The van der Waals surface area contributed by atoms with Crippen molar-refractivity contribution < 1.29 is 23.9 Å². The zero-order valence-corrected chi connectivity index (χ0v) is 13.0. The van der Waals surface area contributed by atoms with Crippen LogP contribution in [0.5, 0.6) is 0 Å². The second-order valence-corrected chi connectivity index (χ2v) is 5.62. The van der Waals surface area contributed by atoms with Crippen LogP contribution in [0.3, 0.4) is 0 Å². The summed E-state index contributed by atoms with van der Waals surface area (Å²) in [6.07, 6.45) is -0.463. The molecule has 0 spiro atoms. The van der Waals surface area contributed by atoms with Crippen molar-refractivity contribution in [3.63, 3.8) is 0 Å². The van der Waals surface area contributed by atoms with E-state index < -0.39 is 29.4 Å². The van der Waals surface area contributed by atoms with Crippen LogP contribution in [0.25, 0.3) is 0 Å². The first kappa shape index (κ1) is 16.2. The van der Waals surface area contributed by atoms with Crippen molar-refractivity contribution in [2.45, 2.75) is 33.3 Å². The average Bonchev–Trinajstić information content (AvgIpc) is 2.81. The van der Waals surface area contributed by atoms with Gasteiger partial charge in [0.05, 0.1) is 12.5 Å². The van der Waals surface area contributed by atoms with E-state index in [0.29, 0.717) is 0 Å². The molecule has 2 rings (SSSR count). The van der Waals surface area contributed by atoms with Gasteiger partial charge in [-0.3, -0.25) is 14.4 Å². The summed E-state index contributed by atoms with van der Waals surface area (Å²) in [5, 5.41) is 0. The largest absolute Gasteiger partial charge is 0.464 e. The number of benzene rings is 1. The van der Waals surface area contributed by atoms with E-state index in [-0.39, 0.29) is 18.8 Å². The van der Waals surface area contributed by atoms with Crippen LogP contribution in [0.1, 0.15) is 38.9 Å². The van der Waals surface area contributed by atoms with Gasteiger partial charge in [0.1, 0.15) is 17.3 Å². The van der Waals surface area contributed by atoms with Crippen molar-refractivity contribution >= 4 is 17.7 Å². The third kappa shape index (κ3) is 2.75. The van der Waals surface area contributed by atoms with Gasteiger partial charge in [0.25, 0.3) is 0 Å². The predicted molar refractivity (Wildman–Crippen MR) is 78.8 cm³/mol. The number of ether oxygens (including phenoxy) is 2. The molecule has 1 aliphatic heterocycles. The van der Waals surface area contributed by atoms with Gasteiger partial charge in [0, 0.05) is 13.3 Å². The Morgan fingerprint density at radius 2 is 2.00 bits per heavy atom. The molecular weight excluding hydrogens is 284 g/mol. The highest BCUT2D eigenvalue weighted by Crippen LogP contribution is 2.45. The minimum absolute atomic E-state index is 0.0634. The lowest BCUT2D eigenvalue weighted by molar-refractivity contribution is -0.158. The minimum atomic E-state index is -1.29. The van der Waals surface area contributed by atoms with Gasteiger partial charge in [0.15, 0.2) is 0 Å². The fourth-order valence-electron chi connectivity index (χ4n) is 2.92. The van der Waals surface area contributed by atoms with Crippen LogP contribution in [-0.2, 0) is 23.9 Å². The van der Waals surface area contributed by atoms with Crippen LogP contribution >= 0.6 is 0 Å². The number of hydrogen-bond donors (Lipinski definition) is 0. The normalized spacial score (nSPS) is 25.4. The van der Waals surface area contributed by atoms with Crippen LogP contribution in [0.2, 0.25) is 0 Å². The van der Waals surface area contributed by atoms with Crippen molar-refractivity contribution in [2.75, 3.05) is 6.61 Å². The summed E-state index contributed by atoms with van der Waals surface area (Å²) >= 11 is 0. The lowest BCUT2D eigenvalue weighted by Crippen LogP contribution is -2.41. The zero-order valence-electron chi connectivity index (χ0n) is 13.0. The first-order valence-corrected chi connectivity index (χ1v) is 7.34. The Morgan fingerprint density at radius 1 is 1.36 bits per heavy atom. The molecule has 0 N–H and O–H groups in total. The molecule has 118 valence electrons. The van der Waals surface area contributed by atoms with Gasteiger partial charge in [-0.25, -0.2) is 0 Å². The number of carbonyl (C=O) groups excluding carboxylic acids is 3. The van der Waals surface area contributed by atoms with E-state index in [0.717, 1.165) is 5.56 Å². The molecule has 0 bridgehead atoms. The first-order chi connectivity index (χ1) is 10.4. The lowest BCUT2D eigenvalue weighted by atomic mass is 9.71. The molecular formula is C17H20O5. The second-order valence-electron chi connectivity index (χ2n) is 5.62. The molecule has 5 nitrogen and oxygen atoms in total. The van der Waals surface area contributed by atoms with Crippen LogP contribution in [0, 0.1) is 11.3 Å². The third-order valence-electron chi connectivity index (χ3n) is 4.25. The molecule has 1 aromatic rings. The quantitative estimate of drug-likeness (QED) is 0.617. The monoisotopic (exact) mass is 304 g/mol. The van der Waals surface area contributed by atoms with Crippen molar-refractivity contribution in [3.05, 3.63) is 35.9 Å². The molecule has 1 aliphatic rings. The summed E-state index contributed by atoms with van der Waals surface area (Å²) in [6.45, 7) is 4.67. The number of carbonyl (C=O) groups is 3. The first-order valence-electron chi connectivity index (χ1n) is 7.34. The number of rotatable bonds is 5. The van der Waals surface area contributed by atoms with Crippen molar-refractivity contribution in [1.29, 1.82) is 0 Å². The molecule has 1 fully saturated rings. The minimum Gasteiger partial charge on any atom is -0.464 e. The Kier molecular flexibility index (Phi) is 4.64. The summed E-state index contributed by atoms with van der Waals surface area (Å²) in [7, 11) is 0. The topological polar surface area (TPSA) is 69.7 Å². The van der Waals surface area contributed by atoms with E-state index in [4.69, 9.17) is 9.47 Å². The summed E-state index contributed by atoms with van der Waals surface area (Å²) < 4.78 is 10.6. The number of cyclic esters (lactones) is 1. The maximum Gasteiger partial charge on any atom is 0.319 e. The van der Waals surface area contributed by atoms with E-state index in [1.165, 1.54) is 6.92 Å².